The van der Waals surface area contributed by atoms with Gasteiger partial charge < -0.3 is 14.5 Å². The summed E-state index contributed by atoms with van der Waals surface area (Å²) in [5.41, 5.74) is 0.378. The highest BCUT2D eigenvalue weighted by molar-refractivity contribution is 5.94. The van der Waals surface area contributed by atoms with Crippen LogP contribution in [0.25, 0.3) is 0 Å². The van der Waals surface area contributed by atoms with Gasteiger partial charge in [-0.15, -0.1) is 0 Å². The molecule has 0 N–H and O–H groups in total. The number of piperazine rings is 1. The van der Waals surface area contributed by atoms with Crippen LogP contribution in [-0.4, -0.2) is 55.0 Å². The fourth-order valence-corrected chi connectivity index (χ4v) is 2.18. The molecule has 1 aromatic rings. The molecule has 0 bridgehead atoms. The van der Waals surface area contributed by atoms with Gasteiger partial charge in [0.2, 0.25) is 0 Å². The Morgan fingerprint density at radius 3 is 2.45 bits per heavy atom. The highest BCUT2D eigenvalue weighted by atomic mass is 19.1. The molecule has 0 aliphatic carbocycles. The molecule has 5 heteroatoms. The normalized spacial score (nSPS) is 16.6. The van der Waals surface area contributed by atoms with Crippen molar-refractivity contribution in [2.75, 3.05) is 33.2 Å². The van der Waals surface area contributed by atoms with Crippen LogP contribution in [-0.2, 0) is 0 Å². The molecule has 110 valence electrons. The van der Waals surface area contributed by atoms with Crippen LogP contribution in [0.4, 0.5) is 4.39 Å². The Bertz CT molecular complexity index is 483. The van der Waals surface area contributed by atoms with E-state index in [-0.39, 0.29) is 17.8 Å². The molecule has 1 aliphatic rings. The predicted octanol–water partition coefficient (Wildman–Crippen LogP) is 2.00. The van der Waals surface area contributed by atoms with Crippen molar-refractivity contribution in [3.8, 4) is 5.75 Å². The summed E-state index contributed by atoms with van der Waals surface area (Å²) >= 11 is 0. The van der Waals surface area contributed by atoms with Crippen molar-refractivity contribution in [3.63, 3.8) is 0 Å². The maximum absolute atomic E-state index is 13.9. The average Bonchev–Trinajstić information content (AvgIpc) is 2.41. The molecule has 4 nitrogen and oxygen atoms in total. The molecule has 0 unspecified atom stereocenters. The lowest BCUT2D eigenvalue weighted by atomic mass is 10.1. The zero-order valence-corrected chi connectivity index (χ0v) is 12.2. The third-order valence-corrected chi connectivity index (χ3v) is 3.33. The third-order valence-electron chi connectivity index (χ3n) is 3.33. The first-order chi connectivity index (χ1) is 9.47. The molecule has 0 atom stereocenters. The summed E-state index contributed by atoms with van der Waals surface area (Å²) in [5, 5.41) is 0. The number of hydrogen-bond acceptors (Lipinski definition) is 3. The van der Waals surface area contributed by atoms with Crippen molar-refractivity contribution in [2.24, 2.45) is 0 Å². The molecule has 0 radical (unpaired) electrons. The summed E-state index contributed by atoms with van der Waals surface area (Å²) in [4.78, 5) is 16.2. The Balaban J connectivity index is 2.09. The van der Waals surface area contributed by atoms with Crippen LogP contribution >= 0.6 is 0 Å². The topological polar surface area (TPSA) is 32.8 Å². The number of carbonyl (C=O) groups excluding carboxylic acids is 1. The van der Waals surface area contributed by atoms with E-state index in [2.05, 4.69) is 4.90 Å². The number of amides is 1. The number of ether oxygens (including phenoxy) is 1. The largest absolute Gasteiger partial charge is 0.488 e. The summed E-state index contributed by atoms with van der Waals surface area (Å²) in [6.07, 6.45) is -0.0938. The van der Waals surface area contributed by atoms with Crippen LogP contribution in [0, 0.1) is 5.82 Å². The molecule has 0 saturated carbocycles. The Kier molecular flexibility index (Phi) is 4.60. The van der Waals surface area contributed by atoms with Crippen LogP contribution < -0.4 is 4.74 Å². The van der Waals surface area contributed by atoms with E-state index in [9.17, 15) is 9.18 Å². The molecule has 1 fully saturated rings. The molecule has 1 amide bonds. The summed E-state index contributed by atoms with van der Waals surface area (Å²) in [7, 11) is 2.03. The van der Waals surface area contributed by atoms with E-state index in [1.54, 1.807) is 11.0 Å². The second-order valence-electron chi connectivity index (χ2n) is 5.41. The van der Waals surface area contributed by atoms with Crippen LogP contribution in [0.5, 0.6) is 5.75 Å². The van der Waals surface area contributed by atoms with Crippen molar-refractivity contribution < 1.29 is 13.9 Å². The fraction of sp³-hybridized carbons (Fsp3) is 0.533. The van der Waals surface area contributed by atoms with Crippen LogP contribution in [0.2, 0.25) is 0 Å². The molecular formula is C15H21FN2O2. The minimum absolute atomic E-state index is 0.0938. The Hall–Kier alpha value is -1.62. The lowest BCUT2D eigenvalue weighted by Gasteiger charge is -2.32. The van der Waals surface area contributed by atoms with E-state index < -0.39 is 5.82 Å². The van der Waals surface area contributed by atoms with Gasteiger partial charge >= 0.3 is 0 Å². The first kappa shape index (κ1) is 14.8. The molecule has 20 heavy (non-hydrogen) atoms. The fourth-order valence-electron chi connectivity index (χ4n) is 2.18. The van der Waals surface area contributed by atoms with Crippen molar-refractivity contribution >= 4 is 5.91 Å². The second kappa shape index (κ2) is 6.22. The first-order valence-corrected chi connectivity index (χ1v) is 6.91. The minimum Gasteiger partial charge on any atom is -0.488 e. The number of hydrogen-bond donors (Lipinski definition) is 0. The van der Waals surface area contributed by atoms with Crippen molar-refractivity contribution in [1.29, 1.82) is 0 Å². The zero-order chi connectivity index (χ0) is 14.7. The Morgan fingerprint density at radius 1 is 1.25 bits per heavy atom. The minimum atomic E-state index is -0.487. The second-order valence-corrected chi connectivity index (χ2v) is 5.41. The van der Waals surface area contributed by atoms with E-state index in [1.807, 2.05) is 20.9 Å². The molecular weight excluding hydrogens is 259 g/mol. The number of likely N-dealkylation sites (N-methyl/N-ethyl adjacent to an activating group) is 1. The highest BCUT2D eigenvalue weighted by Gasteiger charge is 2.21. The van der Waals surface area contributed by atoms with Crippen molar-refractivity contribution in [1.82, 2.24) is 9.80 Å². The van der Waals surface area contributed by atoms with Gasteiger partial charge in [0.1, 0.15) is 0 Å². The van der Waals surface area contributed by atoms with Gasteiger partial charge in [0.25, 0.3) is 5.91 Å². The van der Waals surface area contributed by atoms with Gasteiger partial charge in [-0.2, -0.15) is 0 Å². The molecule has 2 rings (SSSR count). The number of carbonyl (C=O) groups is 1. The smallest absolute Gasteiger partial charge is 0.254 e. The van der Waals surface area contributed by atoms with Gasteiger partial charge in [0, 0.05) is 31.7 Å². The molecule has 1 aromatic carbocycles. The highest BCUT2D eigenvalue weighted by Crippen LogP contribution is 2.20. The standard InChI is InChI=1S/C15H21FN2O2/c1-11(2)20-14-5-4-12(10-13(14)16)15(19)18-8-6-17(3)7-9-18/h4-5,10-11H,6-9H2,1-3H3. The first-order valence-electron chi connectivity index (χ1n) is 6.91. The van der Waals surface area contributed by atoms with Gasteiger partial charge in [-0.05, 0) is 39.1 Å². The summed E-state index contributed by atoms with van der Waals surface area (Å²) in [6.45, 7) is 6.74. The summed E-state index contributed by atoms with van der Waals surface area (Å²) < 4.78 is 19.2. The van der Waals surface area contributed by atoms with Crippen LogP contribution in [0.3, 0.4) is 0 Å². The van der Waals surface area contributed by atoms with E-state index in [1.165, 1.54) is 12.1 Å². The Morgan fingerprint density at radius 2 is 1.90 bits per heavy atom. The lowest BCUT2D eigenvalue weighted by molar-refractivity contribution is 0.0663. The number of rotatable bonds is 3. The lowest BCUT2D eigenvalue weighted by Crippen LogP contribution is -2.47. The van der Waals surface area contributed by atoms with Gasteiger partial charge in [-0.1, -0.05) is 0 Å². The van der Waals surface area contributed by atoms with E-state index in [4.69, 9.17) is 4.74 Å². The van der Waals surface area contributed by atoms with Gasteiger partial charge in [-0.25, -0.2) is 4.39 Å². The average molecular weight is 280 g/mol. The van der Waals surface area contributed by atoms with Gasteiger partial charge in [0.15, 0.2) is 11.6 Å². The summed E-state index contributed by atoms with van der Waals surface area (Å²) in [6, 6.07) is 4.42. The summed E-state index contributed by atoms with van der Waals surface area (Å²) in [5.74, 6) is -0.415. The SMILES string of the molecule is CC(C)Oc1ccc(C(=O)N2CCN(C)CC2)cc1F. The molecule has 0 spiro atoms. The maximum atomic E-state index is 13.9. The van der Waals surface area contributed by atoms with Crippen molar-refractivity contribution in [2.45, 2.75) is 20.0 Å². The van der Waals surface area contributed by atoms with Crippen LogP contribution in [0.1, 0.15) is 24.2 Å². The third kappa shape index (κ3) is 3.48. The number of nitrogens with zero attached hydrogens (tertiary/aromatic N) is 2. The monoisotopic (exact) mass is 280 g/mol. The quantitative estimate of drug-likeness (QED) is 0.849. The predicted molar refractivity (Wildman–Crippen MR) is 75.6 cm³/mol. The maximum Gasteiger partial charge on any atom is 0.254 e. The molecule has 1 saturated heterocycles. The van der Waals surface area contributed by atoms with Gasteiger partial charge in [0.05, 0.1) is 6.10 Å². The van der Waals surface area contributed by atoms with E-state index in [0.29, 0.717) is 18.7 Å². The number of benzene rings is 1. The Labute approximate surface area is 119 Å². The number of halogens is 1. The van der Waals surface area contributed by atoms with Crippen LogP contribution in [0.15, 0.2) is 18.2 Å². The zero-order valence-electron chi connectivity index (χ0n) is 12.2. The molecule has 0 aromatic heterocycles. The van der Waals surface area contributed by atoms with E-state index in [0.717, 1.165) is 13.1 Å². The molecule has 1 heterocycles. The van der Waals surface area contributed by atoms with E-state index >= 15 is 0 Å². The van der Waals surface area contributed by atoms with Crippen molar-refractivity contribution in [3.05, 3.63) is 29.6 Å². The molecule has 1 aliphatic heterocycles. The van der Waals surface area contributed by atoms with Gasteiger partial charge in [-0.3, -0.25) is 4.79 Å².